The van der Waals surface area contributed by atoms with Crippen LogP contribution < -0.4 is 10.1 Å². The summed E-state index contributed by atoms with van der Waals surface area (Å²) >= 11 is 5.69. The van der Waals surface area contributed by atoms with Crippen molar-refractivity contribution in [1.29, 1.82) is 0 Å². The summed E-state index contributed by atoms with van der Waals surface area (Å²) in [6.07, 6.45) is 0.397. The molecule has 3 N–H and O–H groups in total. The van der Waals surface area contributed by atoms with Gasteiger partial charge in [0, 0.05) is 12.7 Å². The van der Waals surface area contributed by atoms with Gasteiger partial charge in [-0.05, 0) is 23.8 Å². The Kier molecular flexibility index (Phi) is 5.35. The van der Waals surface area contributed by atoms with Gasteiger partial charge in [-0.3, -0.25) is 4.79 Å². The molecule has 1 heterocycles. The number of aliphatic hydroxyl groups is 1. The lowest BCUT2D eigenvalue weighted by Crippen LogP contribution is -2.28. The Morgan fingerprint density at radius 2 is 2.18 bits per heavy atom. The molecule has 1 amide bonds. The molecular weight excluding hydrogens is 318 g/mol. The summed E-state index contributed by atoms with van der Waals surface area (Å²) in [5.41, 5.74) is 0.606. The number of carbonyl (C=O) groups excluding carboxylic acids is 1. The number of alkyl halides is 2. The highest BCUT2D eigenvalue weighted by atomic mass is 35.5. The normalized spacial score (nSPS) is 12.2. The minimum absolute atomic E-state index is 0.0611. The number of hydrogen-bond donors (Lipinski definition) is 3. The fraction of sp³-hybridized carbons (Fsp3) is 0.214. The highest BCUT2D eigenvalue weighted by Crippen LogP contribution is 2.20. The molecule has 1 unspecified atom stereocenters. The topological polar surface area (TPSA) is 74.3 Å². The number of aliphatic hydroxyl groups excluding tert-OH is 1. The molecule has 0 bridgehead atoms. The van der Waals surface area contributed by atoms with Crippen LogP contribution in [-0.2, 0) is 0 Å². The SMILES string of the molecule is O=C(NCC(O)c1cccc(OC(F)F)c1)c1cc(Cl)c[nH]1. The van der Waals surface area contributed by atoms with E-state index in [1.54, 1.807) is 6.07 Å². The van der Waals surface area contributed by atoms with E-state index in [2.05, 4.69) is 15.0 Å². The van der Waals surface area contributed by atoms with E-state index >= 15 is 0 Å². The number of benzene rings is 1. The predicted molar refractivity (Wildman–Crippen MR) is 76.2 cm³/mol. The number of carbonyl (C=O) groups is 1. The molecule has 0 aliphatic carbocycles. The summed E-state index contributed by atoms with van der Waals surface area (Å²) in [6.45, 7) is -3.03. The first-order valence-corrected chi connectivity index (χ1v) is 6.68. The summed E-state index contributed by atoms with van der Waals surface area (Å²) in [6, 6.07) is 7.10. The number of nitrogens with one attached hydrogen (secondary N) is 2. The molecule has 1 atom stereocenters. The number of aromatic nitrogens is 1. The minimum atomic E-state index is -2.94. The fourth-order valence-corrected chi connectivity index (χ4v) is 1.96. The Morgan fingerprint density at radius 1 is 1.41 bits per heavy atom. The summed E-state index contributed by atoms with van der Waals surface area (Å²) < 4.78 is 28.5. The first-order chi connectivity index (χ1) is 10.5. The Hall–Kier alpha value is -2.12. The number of amides is 1. The van der Waals surface area contributed by atoms with Crippen LogP contribution in [0.25, 0.3) is 0 Å². The van der Waals surface area contributed by atoms with Gasteiger partial charge in [-0.25, -0.2) is 0 Å². The van der Waals surface area contributed by atoms with Crippen LogP contribution in [0.4, 0.5) is 8.78 Å². The number of rotatable bonds is 6. The molecule has 1 aromatic heterocycles. The lowest BCUT2D eigenvalue weighted by atomic mass is 10.1. The van der Waals surface area contributed by atoms with Crippen LogP contribution in [0.5, 0.6) is 5.75 Å². The second kappa shape index (κ2) is 7.24. The Balaban J connectivity index is 1.94. The third kappa shape index (κ3) is 4.44. The van der Waals surface area contributed by atoms with Crippen molar-refractivity contribution in [2.24, 2.45) is 0 Å². The van der Waals surface area contributed by atoms with Crippen LogP contribution in [0, 0.1) is 0 Å². The summed E-state index contributed by atoms with van der Waals surface area (Å²) in [4.78, 5) is 14.4. The lowest BCUT2D eigenvalue weighted by Gasteiger charge is -2.13. The van der Waals surface area contributed by atoms with Gasteiger partial charge in [-0.1, -0.05) is 23.7 Å². The van der Waals surface area contributed by atoms with Crippen molar-refractivity contribution >= 4 is 17.5 Å². The molecule has 0 aliphatic rings. The Morgan fingerprint density at radius 3 is 2.82 bits per heavy atom. The number of aromatic amines is 1. The van der Waals surface area contributed by atoms with E-state index in [0.29, 0.717) is 10.6 Å². The maximum Gasteiger partial charge on any atom is 0.387 e. The van der Waals surface area contributed by atoms with Crippen LogP contribution in [0.1, 0.15) is 22.2 Å². The van der Waals surface area contributed by atoms with Crippen molar-refractivity contribution in [3.63, 3.8) is 0 Å². The first kappa shape index (κ1) is 16.3. The highest BCUT2D eigenvalue weighted by molar-refractivity contribution is 6.30. The zero-order valence-electron chi connectivity index (χ0n) is 11.2. The Bertz CT molecular complexity index is 649. The first-order valence-electron chi connectivity index (χ1n) is 6.30. The summed E-state index contributed by atoms with van der Waals surface area (Å²) in [5.74, 6) is -0.500. The third-order valence-corrected chi connectivity index (χ3v) is 3.03. The van der Waals surface area contributed by atoms with Crippen LogP contribution in [0.3, 0.4) is 0 Å². The van der Waals surface area contributed by atoms with Gasteiger partial charge < -0.3 is 20.1 Å². The zero-order valence-corrected chi connectivity index (χ0v) is 12.0. The molecule has 8 heteroatoms. The van der Waals surface area contributed by atoms with Crippen molar-refractivity contribution in [3.8, 4) is 5.75 Å². The van der Waals surface area contributed by atoms with Gasteiger partial charge in [0.1, 0.15) is 11.4 Å². The van der Waals surface area contributed by atoms with Crippen LogP contribution >= 0.6 is 11.6 Å². The van der Waals surface area contributed by atoms with Gasteiger partial charge in [0.2, 0.25) is 0 Å². The van der Waals surface area contributed by atoms with E-state index in [9.17, 15) is 18.7 Å². The van der Waals surface area contributed by atoms with Crippen molar-refractivity contribution in [1.82, 2.24) is 10.3 Å². The monoisotopic (exact) mass is 330 g/mol. The number of H-pyrrole nitrogens is 1. The number of hydrogen-bond acceptors (Lipinski definition) is 3. The Labute approximate surface area is 129 Å². The van der Waals surface area contributed by atoms with Crippen molar-refractivity contribution in [3.05, 3.63) is 52.8 Å². The molecule has 0 saturated carbocycles. The van der Waals surface area contributed by atoms with E-state index in [-0.39, 0.29) is 18.0 Å². The van der Waals surface area contributed by atoms with Crippen LogP contribution in [0.15, 0.2) is 36.5 Å². The fourth-order valence-electron chi connectivity index (χ4n) is 1.80. The van der Waals surface area contributed by atoms with Crippen LogP contribution in [0.2, 0.25) is 5.02 Å². The average Bonchev–Trinajstić information content (AvgIpc) is 2.90. The quantitative estimate of drug-likeness (QED) is 0.762. The molecule has 2 rings (SSSR count). The number of ether oxygens (including phenoxy) is 1. The second-order valence-electron chi connectivity index (χ2n) is 4.41. The van der Waals surface area contributed by atoms with E-state index in [1.165, 1.54) is 30.5 Å². The van der Waals surface area contributed by atoms with E-state index < -0.39 is 18.6 Å². The van der Waals surface area contributed by atoms with Crippen molar-refractivity contribution < 1.29 is 23.4 Å². The molecule has 0 spiro atoms. The molecular formula is C14H13ClF2N2O3. The third-order valence-electron chi connectivity index (χ3n) is 2.82. The van der Waals surface area contributed by atoms with Gasteiger partial charge >= 0.3 is 6.61 Å². The molecule has 5 nitrogen and oxygen atoms in total. The average molecular weight is 331 g/mol. The molecule has 0 radical (unpaired) electrons. The molecule has 0 fully saturated rings. The van der Waals surface area contributed by atoms with E-state index in [0.717, 1.165) is 0 Å². The smallest absolute Gasteiger partial charge is 0.387 e. The van der Waals surface area contributed by atoms with Crippen molar-refractivity contribution in [2.45, 2.75) is 12.7 Å². The predicted octanol–water partition coefficient (Wildman–Crippen LogP) is 2.73. The van der Waals surface area contributed by atoms with Gasteiger partial charge in [0.15, 0.2) is 0 Å². The van der Waals surface area contributed by atoms with E-state index in [1.807, 2.05) is 0 Å². The zero-order chi connectivity index (χ0) is 16.1. The standard InChI is InChI=1S/C14H13ClF2N2O3/c15-9-5-11(18-6-9)13(21)19-7-12(20)8-2-1-3-10(4-8)22-14(16)17/h1-6,12,14,18,20H,7H2,(H,19,21). The molecule has 1 aromatic carbocycles. The molecule has 2 aromatic rings. The van der Waals surface area contributed by atoms with Gasteiger partial charge in [-0.15, -0.1) is 0 Å². The van der Waals surface area contributed by atoms with E-state index in [4.69, 9.17) is 11.6 Å². The number of halogens is 3. The van der Waals surface area contributed by atoms with Crippen molar-refractivity contribution in [2.75, 3.05) is 6.54 Å². The maximum absolute atomic E-state index is 12.1. The molecule has 0 saturated heterocycles. The van der Waals surface area contributed by atoms with Gasteiger partial charge in [0.25, 0.3) is 5.91 Å². The largest absolute Gasteiger partial charge is 0.435 e. The minimum Gasteiger partial charge on any atom is -0.435 e. The summed E-state index contributed by atoms with van der Waals surface area (Å²) in [7, 11) is 0. The van der Waals surface area contributed by atoms with Gasteiger partial charge in [-0.2, -0.15) is 8.78 Å². The van der Waals surface area contributed by atoms with Crippen LogP contribution in [-0.4, -0.2) is 29.2 Å². The molecule has 118 valence electrons. The highest BCUT2D eigenvalue weighted by Gasteiger charge is 2.13. The second-order valence-corrected chi connectivity index (χ2v) is 4.84. The molecule has 22 heavy (non-hydrogen) atoms. The van der Waals surface area contributed by atoms with Gasteiger partial charge in [0.05, 0.1) is 11.1 Å². The summed E-state index contributed by atoms with van der Waals surface area (Å²) in [5, 5.41) is 12.9. The lowest BCUT2D eigenvalue weighted by molar-refractivity contribution is -0.0499. The molecule has 0 aliphatic heterocycles. The maximum atomic E-state index is 12.1.